The largest absolute Gasteiger partial charge is 0.362 e. The number of hydrogen-bond acceptors (Lipinski definition) is 2. The van der Waals surface area contributed by atoms with Crippen molar-refractivity contribution in [3.63, 3.8) is 0 Å². The van der Waals surface area contributed by atoms with Gasteiger partial charge in [0.2, 0.25) is 0 Å². The minimum Gasteiger partial charge on any atom is -0.362 e. The SMILES string of the molecule is Fc1cccc(F)c1CCNC(=S)Nc1ncccc1Br. The van der Waals surface area contributed by atoms with Gasteiger partial charge in [-0.15, -0.1) is 0 Å². The highest BCUT2D eigenvalue weighted by atomic mass is 79.9. The Bertz CT molecular complexity index is 632. The number of nitrogens with zero attached hydrogens (tertiary/aromatic N) is 1. The van der Waals surface area contributed by atoms with E-state index in [9.17, 15) is 8.78 Å². The molecule has 0 amide bonds. The molecule has 2 N–H and O–H groups in total. The van der Waals surface area contributed by atoms with Gasteiger partial charge < -0.3 is 10.6 Å². The molecule has 7 heteroatoms. The van der Waals surface area contributed by atoms with Gasteiger partial charge in [0.1, 0.15) is 17.5 Å². The summed E-state index contributed by atoms with van der Waals surface area (Å²) in [4.78, 5) is 4.11. The van der Waals surface area contributed by atoms with Gasteiger partial charge in [-0.25, -0.2) is 13.8 Å². The van der Waals surface area contributed by atoms with E-state index < -0.39 is 11.6 Å². The van der Waals surface area contributed by atoms with Crippen LogP contribution in [-0.2, 0) is 6.42 Å². The summed E-state index contributed by atoms with van der Waals surface area (Å²) in [6.45, 7) is 0.314. The predicted molar refractivity (Wildman–Crippen MR) is 86.2 cm³/mol. The van der Waals surface area contributed by atoms with Crippen molar-refractivity contribution in [1.29, 1.82) is 0 Å². The van der Waals surface area contributed by atoms with Crippen LogP contribution in [0.3, 0.4) is 0 Å². The summed E-state index contributed by atoms with van der Waals surface area (Å²) in [5.74, 6) is -0.529. The third kappa shape index (κ3) is 4.44. The first-order valence-corrected chi connectivity index (χ1v) is 7.36. The molecule has 0 radical (unpaired) electrons. The molecule has 0 atom stereocenters. The highest BCUT2D eigenvalue weighted by Crippen LogP contribution is 2.18. The zero-order chi connectivity index (χ0) is 15.2. The molecule has 0 bridgehead atoms. The molecule has 1 aromatic heterocycles. The average Bonchev–Trinajstić information content (AvgIpc) is 2.45. The van der Waals surface area contributed by atoms with Gasteiger partial charge in [0.05, 0.1) is 4.47 Å². The zero-order valence-electron chi connectivity index (χ0n) is 10.9. The minimum absolute atomic E-state index is 0.0480. The Hall–Kier alpha value is -1.60. The molecule has 2 rings (SSSR count). The van der Waals surface area contributed by atoms with Crippen molar-refractivity contribution in [3.8, 4) is 0 Å². The van der Waals surface area contributed by atoms with Gasteiger partial charge in [0.15, 0.2) is 5.11 Å². The average molecular weight is 372 g/mol. The number of anilines is 1. The number of rotatable bonds is 4. The monoisotopic (exact) mass is 371 g/mol. The Morgan fingerprint density at radius 1 is 1.19 bits per heavy atom. The molecule has 2 aromatic rings. The lowest BCUT2D eigenvalue weighted by Gasteiger charge is -2.11. The standard InChI is InChI=1S/C14H12BrF2N3S/c15-10-3-2-7-18-13(10)20-14(21)19-8-6-9-11(16)4-1-5-12(9)17/h1-5,7H,6,8H2,(H2,18,19,20,21). The number of nitrogens with one attached hydrogen (secondary N) is 2. The van der Waals surface area contributed by atoms with E-state index in [-0.39, 0.29) is 12.0 Å². The molecular weight excluding hydrogens is 360 g/mol. The molecule has 1 aromatic carbocycles. The fourth-order valence-electron chi connectivity index (χ4n) is 1.70. The summed E-state index contributed by atoms with van der Waals surface area (Å²) in [6.07, 6.45) is 1.83. The molecule has 0 aliphatic rings. The van der Waals surface area contributed by atoms with Crippen molar-refractivity contribution < 1.29 is 8.78 Å². The van der Waals surface area contributed by atoms with E-state index in [1.54, 1.807) is 12.3 Å². The van der Waals surface area contributed by atoms with Gasteiger partial charge in [0.25, 0.3) is 0 Å². The van der Waals surface area contributed by atoms with Crippen molar-refractivity contribution >= 4 is 39.1 Å². The molecule has 3 nitrogen and oxygen atoms in total. The van der Waals surface area contributed by atoms with Crippen LogP contribution in [0.25, 0.3) is 0 Å². The Morgan fingerprint density at radius 3 is 2.57 bits per heavy atom. The van der Waals surface area contributed by atoms with Crippen molar-refractivity contribution in [1.82, 2.24) is 10.3 Å². The smallest absolute Gasteiger partial charge is 0.171 e. The summed E-state index contributed by atoms with van der Waals surface area (Å²) in [5, 5.41) is 6.13. The van der Waals surface area contributed by atoms with Crippen LogP contribution >= 0.6 is 28.1 Å². The lowest BCUT2D eigenvalue weighted by Crippen LogP contribution is -2.30. The number of halogens is 3. The number of aromatic nitrogens is 1. The fraction of sp³-hybridized carbons (Fsp3) is 0.143. The Balaban J connectivity index is 1.86. The maximum Gasteiger partial charge on any atom is 0.171 e. The second-order valence-electron chi connectivity index (χ2n) is 4.16. The first-order chi connectivity index (χ1) is 10.1. The van der Waals surface area contributed by atoms with Crippen LogP contribution in [0, 0.1) is 11.6 Å². The third-order valence-corrected chi connectivity index (χ3v) is 3.60. The number of hydrogen-bond donors (Lipinski definition) is 2. The molecule has 0 aliphatic heterocycles. The van der Waals surface area contributed by atoms with E-state index in [1.807, 2.05) is 6.07 Å². The predicted octanol–water partition coefficient (Wildman–Crippen LogP) is 3.65. The van der Waals surface area contributed by atoms with E-state index in [4.69, 9.17) is 12.2 Å². The topological polar surface area (TPSA) is 37.0 Å². The lowest BCUT2D eigenvalue weighted by atomic mass is 10.1. The van der Waals surface area contributed by atoms with Crippen LogP contribution in [0.1, 0.15) is 5.56 Å². The highest BCUT2D eigenvalue weighted by molar-refractivity contribution is 9.10. The quantitative estimate of drug-likeness (QED) is 0.804. The second-order valence-corrected chi connectivity index (χ2v) is 5.43. The second kappa shape index (κ2) is 7.42. The van der Waals surface area contributed by atoms with Crippen molar-refractivity contribution in [3.05, 3.63) is 58.2 Å². The molecule has 21 heavy (non-hydrogen) atoms. The maximum absolute atomic E-state index is 13.4. The van der Waals surface area contributed by atoms with Crippen LogP contribution in [0.4, 0.5) is 14.6 Å². The van der Waals surface area contributed by atoms with Gasteiger partial charge in [-0.2, -0.15) is 0 Å². The molecule has 110 valence electrons. The molecule has 0 spiro atoms. The molecule has 0 aliphatic carbocycles. The molecule has 0 saturated heterocycles. The van der Waals surface area contributed by atoms with E-state index in [0.29, 0.717) is 17.5 Å². The summed E-state index contributed by atoms with van der Waals surface area (Å²) >= 11 is 8.44. The van der Waals surface area contributed by atoms with Crippen LogP contribution in [0.2, 0.25) is 0 Å². The zero-order valence-corrected chi connectivity index (χ0v) is 13.3. The summed E-state index contributed by atoms with van der Waals surface area (Å²) in [6, 6.07) is 7.42. The van der Waals surface area contributed by atoms with Gasteiger partial charge in [-0.1, -0.05) is 6.07 Å². The van der Waals surface area contributed by atoms with Crippen molar-refractivity contribution in [2.24, 2.45) is 0 Å². The number of benzene rings is 1. The van der Waals surface area contributed by atoms with Gasteiger partial charge in [-0.05, 0) is 58.8 Å². The first-order valence-electron chi connectivity index (χ1n) is 6.16. The lowest BCUT2D eigenvalue weighted by molar-refractivity contribution is 0.553. The van der Waals surface area contributed by atoms with Gasteiger partial charge in [0, 0.05) is 18.3 Å². The van der Waals surface area contributed by atoms with Crippen LogP contribution in [0.5, 0.6) is 0 Å². The van der Waals surface area contributed by atoms with E-state index in [1.165, 1.54) is 18.2 Å². The van der Waals surface area contributed by atoms with Gasteiger partial charge >= 0.3 is 0 Å². The third-order valence-electron chi connectivity index (χ3n) is 2.71. The Kier molecular flexibility index (Phi) is 5.58. The normalized spacial score (nSPS) is 10.2. The van der Waals surface area contributed by atoms with E-state index >= 15 is 0 Å². The summed E-state index contributed by atoms with van der Waals surface area (Å²) < 4.78 is 27.7. The molecule has 1 heterocycles. The highest BCUT2D eigenvalue weighted by Gasteiger charge is 2.08. The molecule has 0 unspecified atom stereocenters. The minimum atomic E-state index is -0.553. The molecular formula is C14H12BrF2N3S. The Labute approximate surface area is 134 Å². The van der Waals surface area contributed by atoms with Crippen LogP contribution in [-0.4, -0.2) is 16.6 Å². The van der Waals surface area contributed by atoms with Gasteiger partial charge in [-0.3, -0.25) is 0 Å². The fourth-order valence-corrected chi connectivity index (χ4v) is 2.25. The number of thiocarbonyl (C=S) groups is 1. The van der Waals surface area contributed by atoms with Crippen molar-refractivity contribution in [2.45, 2.75) is 6.42 Å². The molecule has 0 saturated carbocycles. The van der Waals surface area contributed by atoms with Crippen LogP contribution < -0.4 is 10.6 Å². The summed E-state index contributed by atoms with van der Waals surface area (Å²) in [5.41, 5.74) is 0.0480. The van der Waals surface area contributed by atoms with E-state index in [0.717, 1.165) is 4.47 Å². The van der Waals surface area contributed by atoms with E-state index in [2.05, 4.69) is 31.5 Å². The first kappa shape index (κ1) is 15.8. The Morgan fingerprint density at radius 2 is 1.90 bits per heavy atom. The summed E-state index contributed by atoms with van der Waals surface area (Å²) in [7, 11) is 0. The molecule has 0 fully saturated rings. The van der Waals surface area contributed by atoms with Crippen molar-refractivity contribution in [2.75, 3.05) is 11.9 Å². The number of pyridine rings is 1. The maximum atomic E-state index is 13.4. The van der Waals surface area contributed by atoms with Crippen LogP contribution in [0.15, 0.2) is 41.0 Å².